The summed E-state index contributed by atoms with van der Waals surface area (Å²) in [5.74, 6) is -10.4. The van der Waals surface area contributed by atoms with Crippen molar-refractivity contribution in [1.29, 1.82) is 0 Å². The van der Waals surface area contributed by atoms with Gasteiger partial charge in [-0.3, -0.25) is 29.8 Å². The second-order valence-electron chi connectivity index (χ2n) is 2.56. The summed E-state index contributed by atoms with van der Waals surface area (Å²) in [6, 6.07) is 0. The molecule has 0 heterocycles. The van der Waals surface area contributed by atoms with Gasteiger partial charge in [-0.1, -0.05) is 0 Å². The number of nitrogens with one attached hydrogen (secondary N) is 2. The summed E-state index contributed by atoms with van der Waals surface area (Å²) < 4.78 is 69.5. The lowest BCUT2D eigenvalue weighted by molar-refractivity contribution is -0.177. The zero-order valence-corrected chi connectivity index (χ0v) is 7.90. The molecule has 18 heavy (non-hydrogen) atoms. The minimum atomic E-state index is -5.51. The van der Waals surface area contributed by atoms with Gasteiger partial charge in [0.25, 0.3) is 0 Å². The molecule has 0 spiro atoms. The minimum Gasteiger partial charge on any atom is -0.280 e. The number of carbonyl (C=O) groups is 4. The lowest BCUT2D eigenvalue weighted by Crippen LogP contribution is -2.50. The predicted octanol–water partition coefficient (Wildman–Crippen LogP) is -0.603. The second-order valence-corrected chi connectivity index (χ2v) is 2.56. The molecule has 0 aromatic carbocycles. The molecule has 0 aliphatic carbocycles. The molecule has 0 rings (SSSR count). The van der Waals surface area contributed by atoms with Crippen LogP contribution in [0.5, 0.6) is 0 Å². The molecule has 0 bridgehead atoms. The first-order valence-corrected chi connectivity index (χ1v) is 3.70. The molecule has 0 unspecified atom stereocenters. The number of carbonyl (C=O) groups excluding carboxylic acids is 4. The number of amides is 4. The van der Waals surface area contributed by atoms with Crippen molar-refractivity contribution in [2.75, 3.05) is 0 Å². The SMILES string of the molecule is O=C(NC(=O)C(F)(F)F)C(=O)NC(=O)C(F)(F)F. The molecule has 2 N–H and O–H groups in total. The van der Waals surface area contributed by atoms with Gasteiger partial charge in [-0.25, -0.2) is 0 Å². The zero-order chi connectivity index (χ0) is 14.7. The maximum Gasteiger partial charge on any atom is 0.471 e. The fourth-order valence-corrected chi connectivity index (χ4v) is 0.461. The highest BCUT2D eigenvalue weighted by Crippen LogP contribution is 2.14. The molecule has 0 fully saturated rings. The van der Waals surface area contributed by atoms with Gasteiger partial charge in [0, 0.05) is 0 Å². The van der Waals surface area contributed by atoms with Crippen LogP contribution in [-0.2, 0) is 19.2 Å². The minimum absolute atomic E-state index is 0.442. The van der Waals surface area contributed by atoms with Crippen LogP contribution in [0.25, 0.3) is 0 Å². The van der Waals surface area contributed by atoms with Crippen molar-refractivity contribution in [3.8, 4) is 0 Å². The van der Waals surface area contributed by atoms with Gasteiger partial charge in [-0.2, -0.15) is 26.3 Å². The Morgan fingerprint density at radius 3 is 1.00 bits per heavy atom. The van der Waals surface area contributed by atoms with Crippen LogP contribution >= 0.6 is 0 Å². The first-order valence-electron chi connectivity index (χ1n) is 3.70. The Morgan fingerprint density at radius 2 is 0.833 bits per heavy atom. The van der Waals surface area contributed by atoms with Crippen molar-refractivity contribution in [1.82, 2.24) is 10.6 Å². The van der Waals surface area contributed by atoms with Crippen molar-refractivity contribution in [3.63, 3.8) is 0 Å². The summed E-state index contributed by atoms with van der Waals surface area (Å²) in [6.07, 6.45) is -11.0. The van der Waals surface area contributed by atoms with Gasteiger partial charge in [0.2, 0.25) is 0 Å². The summed E-state index contributed by atoms with van der Waals surface area (Å²) in [5.41, 5.74) is 0. The van der Waals surface area contributed by atoms with Crippen LogP contribution < -0.4 is 10.6 Å². The molecular weight excluding hydrogens is 278 g/mol. The molecule has 0 aliphatic rings. The summed E-state index contributed by atoms with van der Waals surface area (Å²) in [7, 11) is 0. The first-order chi connectivity index (χ1) is 7.85. The molecule has 0 aromatic heterocycles. The zero-order valence-electron chi connectivity index (χ0n) is 7.90. The number of hydrogen-bond donors (Lipinski definition) is 2. The van der Waals surface area contributed by atoms with E-state index in [1.54, 1.807) is 0 Å². The van der Waals surface area contributed by atoms with Crippen LogP contribution in [0, 0.1) is 0 Å². The van der Waals surface area contributed by atoms with E-state index in [4.69, 9.17) is 0 Å². The number of hydrogen-bond acceptors (Lipinski definition) is 4. The van der Waals surface area contributed by atoms with E-state index in [1.165, 1.54) is 0 Å². The Labute approximate surface area is 93.3 Å². The van der Waals surface area contributed by atoms with Crippen LogP contribution in [0.2, 0.25) is 0 Å². The maximum absolute atomic E-state index is 11.6. The Kier molecular flexibility index (Phi) is 4.42. The maximum atomic E-state index is 11.6. The number of rotatable bonds is 0. The van der Waals surface area contributed by atoms with Crippen molar-refractivity contribution in [3.05, 3.63) is 0 Å². The summed E-state index contributed by atoms with van der Waals surface area (Å²) in [6.45, 7) is 0. The highest BCUT2D eigenvalue weighted by Gasteiger charge is 2.43. The Balaban J connectivity index is 4.52. The van der Waals surface area contributed by atoms with Crippen molar-refractivity contribution in [2.45, 2.75) is 12.4 Å². The van der Waals surface area contributed by atoms with Gasteiger partial charge in [0.15, 0.2) is 0 Å². The average Bonchev–Trinajstić information content (AvgIpc) is 2.14. The topological polar surface area (TPSA) is 92.3 Å². The average molecular weight is 280 g/mol. The Bertz CT molecular complexity index is 360. The molecule has 0 saturated heterocycles. The van der Waals surface area contributed by atoms with E-state index in [1.807, 2.05) is 0 Å². The van der Waals surface area contributed by atoms with Crippen molar-refractivity contribution >= 4 is 23.6 Å². The third-order valence-corrected chi connectivity index (χ3v) is 1.18. The summed E-state index contributed by atoms with van der Waals surface area (Å²) in [4.78, 5) is 41.2. The monoisotopic (exact) mass is 280 g/mol. The molecule has 4 amide bonds. The van der Waals surface area contributed by atoms with E-state index in [0.717, 1.165) is 0 Å². The van der Waals surface area contributed by atoms with Crippen LogP contribution in [-0.4, -0.2) is 36.0 Å². The molecule has 0 radical (unpaired) electrons. The van der Waals surface area contributed by atoms with Gasteiger partial charge in [0.05, 0.1) is 0 Å². The molecule has 6 nitrogen and oxygen atoms in total. The fourth-order valence-electron chi connectivity index (χ4n) is 0.461. The normalized spacial score (nSPS) is 11.7. The van der Waals surface area contributed by atoms with Crippen LogP contribution in [0.4, 0.5) is 26.3 Å². The fraction of sp³-hybridized carbons (Fsp3) is 0.333. The summed E-state index contributed by atoms with van der Waals surface area (Å²) >= 11 is 0. The number of imide groups is 2. The molecule has 0 aliphatic heterocycles. The third kappa shape index (κ3) is 4.80. The van der Waals surface area contributed by atoms with Gasteiger partial charge >= 0.3 is 36.0 Å². The molecule has 0 atom stereocenters. The lowest BCUT2D eigenvalue weighted by atomic mass is 10.4. The Hall–Kier alpha value is -2.14. The van der Waals surface area contributed by atoms with Crippen molar-refractivity contribution in [2.24, 2.45) is 0 Å². The largest absolute Gasteiger partial charge is 0.471 e. The molecule has 102 valence electrons. The smallest absolute Gasteiger partial charge is 0.280 e. The lowest BCUT2D eigenvalue weighted by Gasteiger charge is -2.07. The van der Waals surface area contributed by atoms with Gasteiger partial charge in [-0.15, -0.1) is 0 Å². The Morgan fingerprint density at radius 1 is 0.611 bits per heavy atom. The third-order valence-electron chi connectivity index (χ3n) is 1.18. The van der Waals surface area contributed by atoms with E-state index >= 15 is 0 Å². The predicted molar refractivity (Wildman–Crippen MR) is 38.4 cm³/mol. The highest BCUT2D eigenvalue weighted by molar-refractivity contribution is 6.40. The van der Waals surface area contributed by atoms with Crippen molar-refractivity contribution < 1.29 is 45.5 Å². The van der Waals surface area contributed by atoms with Crippen LogP contribution in [0.15, 0.2) is 0 Å². The second kappa shape index (κ2) is 5.01. The van der Waals surface area contributed by atoms with Gasteiger partial charge < -0.3 is 0 Å². The van der Waals surface area contributed by atoms with Crippen LogP contribution in [0.3, 0.4) is 0 Å². The number of alkyl halides is 6. The first kappa shape index (κ1) is 15.9. The molecule has 0 saturated carbocycles. The highest BCUT2D eigenvalue weighted by atomic mass is 19.4. The van der Waals surface area contributed by atoms with Gasteiger partial charge in [-0.05, 0) is 0 Å². The molecule has 12 heteroatoms. The van der Waals surface area contributed by atoms with E-state index in [9.17, 15) is 45.5 Å². The standard InChI is InChI=1S/C6H2F6N2O4/c7-5(8,9)3(17)13-1(15)2(16)14-4(18)6(10,11)12/h(H,13,15,17)(H,14,16,18). The summed E-state index contributed by atoms with van der Waals surface area (Å²) in [5, 5.41) is 0.884. The van der Waals surface area contributed by atoms with Crippen LogP contribution in [0.1, 0.15) is 0 Å². The van der Waals surface area contributed by atoms with E-state index < -0.39 is 36.0 Å². The van der Waals surface area contributed by atoms with E-state index in [-0.39, 0.29) is 0 Å². The number of halogens is 6. The molecular formula is C6H2F6N2O4. The molecule has 0 aromatic rings. The van der Waals surface area contributed by atoms with E-state index in [0.29, 0.717) is 10.6 Å². The van der Waals surface area contributed by atoms with E-state index in [2.05, 4.69) is 0 Å². The quantitative estimate of drug-likeness (QED) is 0.457. The van der Waals surface area contributed by atoms with Gasteiger partial charge in [0.1, 0.15) is 0 Å².